The van der Waals surface area contributed by atoms with Crippen molar-refractivity contribution in [2.24, 2.45) is 5.92 Å². The minimum Gasteiger partial charge on any atom is -0.381 e. The van der Waals surface area contributed by atoms with Gasteiger partial charge in [0.25, 0.3) is 0 Å². The van der Waals surface area contributed by atoms with Gasteiger partial charge in [0.05, 0.1) is 5.56 Å². The third-order valence-electron chi connectivity index (χ3n) is 2.91. The monoisotopic (exact) mass is 274 g/mol. The Morgan fingerprint density at radius 1 is 1.32 bits per heavy atom. The number of hydrogen-bond donors (Lipinski definition) is 1. The minimum atomic E-state index is -4.33. The van der Waals surface area contributed by atoms with E-state index in [9.17, 15) is 13.2 Å². The van der Waals surface area contributed by atoms with Crippen molar-refractivity contribution in [2.75, 3.05) is 25.1 Å². The van der Waals surface area contributed by atoms with Gasteiger partial charge in [-0.25, -0.2) is 4.98 Å². The van der Waals surface area contributed by atoms with Crippen LogP contribution in [0.3, 0.4) is 0 Å². The summed E-state index contributed by atoms with van der Waals surface area (Å²) in [4.78, 5) is 3.73. The lowest BCUT2D eigenvalue weighted by Crippen LogP contribution is -2.09. The summed E-state index contributed by atoms with van der Waals surface area (Å²) in [6, 6.07) is 2.37. The molecule has 19 heavy (non-hydrogen) atoms. The molecule has 1 aromatic heterocycles. The SMILES string of the molecule is FC(F)(F)c1ccc(NCCCOCC2CC2)nc1. The highest BCUT2D eigenvalue weighted by atomic mass is 19.4. The molecule has 0 spiro atoms. The fourth-order valence-corrected chi connectivity index (χ4v) is 1.59. The van der Waals surface area contributed by atoms with E-state index in [-0.39, 0.29) is 0 Å². The van der Waals surface area contributed by atoms with Crippen molar-refractivity contribution < 1.29 is 17.9 Å². The second-order valence-electron chi connectivity index (χ2n) is 4.73. The molecular weight excluding hydrogens is 257 g/mol. The first-order valence-corrected chi connectivity index (χ1v) is 6.40. The molecule has 0 unspecified atom stereocenters. The molecule has 0 amide bonds. The van der Waals surface area contributed by atoms with Crippen LogP contribution in [-0.2, 0) is 10.9 Å². The van der Waals surface area contributed by atoms with Crippen LogP contribution in [-0.4, -0.2) is 24.7 Å². The number of halogens is 3. The molecule has 6 heteroatoms. The van der Waals surface area contributed by atoms with Crippen LogP contribution in [0.2, 0.25) is 0 Å². The van der Waals surface area contributed by atoms with Crippen LogP contribution in [0.25, 0.3) is 0 Å². The molecule has 1 N–H and O–H groups in total. The van der Waals surface area contributed by atoms with Crippen LogP contribution in [0.1, 0.15) is 24.8 Å². The summed E-state index contributed by atoms with van der Waals surface area (Å²) in [7, 11) is 0. The average molecular weight is 274 g/mol. The van der Waals surface area contributed by atoms with E-state index >= 15 is 0 Å². The first kappa shape index (κ1) is 14.1. The second-order valence-corrected chi connectivity index (χ2v) is 4.73. The quantitative estimate of drug-likeness (QED) is 0.774. The molecule has 3 nitrogen and oxygen atoms in total. The highest BCUT2D eigenvalue weighted by Crippen LogP contribution is 2.29. The maximum Gasteiger partial charge on any atom is 0.417 e. The zero-order valence-corrected chi connectivity index (χ0v) is 10.5. The van der Waals surface area contributed by atoms with Crippen LogP contribution in [0.15, 0.2) is 18.3 Å². The Hall–Kier alpha value is -1.30. The summed E-state index contributed by atoms with van der Waals surface area (Å²) in [6.07, 6.45) is -0.134. The molecule has 0 radical (unpaired) electrons. The molecule has 1 aliphatic carbocycles. The fraction of sp³-hybridized carbons (Fsp3) is 0.615. The van der Waals surface area contributed by atoms with Crippen molar-refractivity contribution in [3.05, 3.63) is 23.9 Å². The number of aromatic nitrogens is 1. The van der Waals surface area contributed by atoms with Gasteiger partial charge >= 0.3 is 6.18 Å². The zero-order chi connectivity index (χ0) is 13.7. The number of ether oxygens (including phenoxy) is 1. The normalized spacial score (nSPS) is 15.5. The molecule has 0 saturated heterocycles. The van der Waals surface area contributed by atoms with Crippen molar-refractivity contribution in [3.8, 4) is 0 Å². The fourth-order valence-electron chi connectivity index (χ4n) is 1.59. The summed E-state index contributed by atoms with van der Waals surface area (Å²) in [5.41, 5.74) is -0.731. The van der Waals surface area contributed by atoms with Gasteiger partial charge in [0, 0.05) is 26.0 Å². The second kappa shape index (κ2) is 6.23. The van der Waals surface area contributed by atoms with E-state index in [1.165, 1.54) is 18.9 Å². The Bertz CT molecular complexity index is 388. The Morgan fingerprint density at radius 2 is 2.11 bits per heavy atom. The number of pyridine rings is 1. The van der Waals surface area contributed by atoms with Crippen LogP contribution >= 0.6 is 0 Å². The largest absolute Gasteiger partial charge is 0.417 e. The van der Waals surface area contributed by atoms with E-state index in [0.717, 1.165) is 31.2 Å². The van der Waals surface area contributed by atoms with Gasteiger partial charge in [-0.15, -0.1) is 0 Å². The highest BCUT2D eigenvalue weighted by molar-refractivity contribution is 5.35. The molecule has 2 rings (SSSR count). The molecule has 0 atom stereocenters. The van der Waals surface area contributed by atoms with Crippen LogP contribution in [0.5, 0.6) is 0 Å². The van der Waals surface area contributed by atoms with E-state index in [0.29, 0.717) is 19.0 Å². The van der Waals surface area contributed by atoms with E-state index in [4.69, 9.17) is 4.74 Å². The van der Waals surface area contributed by atoms with Crippen molar-refractivity contribution in [2.45, 2.75) is 25.4 Å². The molecule has 1 heterocycles. The van der Waals surface area contributed by atoms with E-state index in [1.54, 1.807) is 0 Å². The van der Waals surface area contributed by atoms with E-state index in [1.807, 2.05) is 0 Å². The number of alkyl halides is 3. The Balaban J connectivity index is 1.62. The van der Waals surface area contributed by atoms with Crippen molar-refractivity contribution in [1.82, 2.24) is 4.98 Å². The average Bonchev–Trinajstić information content (AvgIpc) is 3.17. The lowest BCUT2D eigenvalue weighted by atomic mass is 10.3. The first-order chi connectivity index (χ1) is 9.05. The van der Waals surface area contributed by atoms with Crippen LogP contribution < -0.4 is 5.32 Å². The molecule has 1 aromatic rings. The number of anilines is 1. The number of rotatable bonds is 7. The summed E-state index contributed by atoms with van der Waals surface area (Å²) in [6.45, 7) is 2.14. The lowest BCUT2D eigenvalue weighted by Gasteiger charge is -2.08. The smallest absolute Gasteiger partial charge is 0.381 e. The Labute approximate surface area is 110 Å². The molecular formula is C13H17F3N2O. The molecule has 0 aliphatic heterocycles. The predicted molar refractivity (Wildman–Crippen MR) is 65.9 cm³/mol. The number of hydrogen-bond acceptors (Lipinski definition) is 3. The van der Waals surface area contributed by atoms with Gasteiger partial charge in [-0.3, -0.25) is 0 Å². The minimum absolute atomic E-state index is 0.454. The molecule has 106 valence electrons. The van der Waals surface area contributed by atoms with Crippen LogP contribution in [0.4, 0.5) is 19.0 Å². The molecule has 1 aliphatic rings. The van der Waals surface area contributed by atoms with Crippen LogP contribution in [0, 0.1) is 5.92 Å². The number of nitrogens with one attached hydrogen (secondary N) is 1. The number of nitrogens with zero attached hydrogens (tertiary/aromatic N) is 1. The summed E-state index contributed by atoms with van der Waals surface area (Å²) < 4.78 is 42.4. The summed E-state index contributed by atoms with van der Waals surface area (Å²) in [5, 5.41) is 2.97. The van der Waals surface area contributed by atoms with E-state index in [2.05, 4.69) is 10.3 Å². The molecule has 1 saturated carbocycles. The third kappa shape index (κ3) is 5.06. The summed E-state index contributed by atoms with van der Waals surface area (Å²) >= 11 is 0. The topological polar surface area (TPSA) is 34.1 Å². The van der Waals surface area contributed by atoms with Gasteiger partial charge in [-0.1, -0.05) is 0 Å². The first-order valence-electron chi connectivity index (χ1n) is 6.40. The maximum atomic E-state index is 12.3. The van der Waals surface area contributed by atoms with Gasteiger partial charge in [-0.2, -0.15) is 13.2 Å². The Morgan fingerprint density at radius 3 is 2.68 bits per heavy atom. The van der Waals surface area contributed by atoms with Crippen molar-refractivity contribution >= 4 is 5.82 Å². The maximum absolute atomic E-state index is 12.3. The molecule has 0 bridgehead atoms. The van der Waals surface area contributed by atoms with Gasteiger partial charge in [0.2, 0.25) is 0 Å². The third-order valence-corrected chi connectivity index (χ3v) is 2.91. The Kier molecular flexibility index (Phi) is 4.63. The molecule has 1 fully saturated rings. The van der Waals surface area contributed by atoms with Gasteiger partial charge in [0.1, 0.15) is 5.82 Å². The lowest BCUT2D eigenvalue weighted by molar-refractivity contribution is -0.137. The highest BCUT2D eigenvalue weighted by Gasteiger charge is 2.30. The van der Waals surface area contributed by atoms with Gasteiger partial charge in [0.15, 0.2) is 0 Å². The summed E-state index contributed by atoms with van der Waals surface area (Å²) in [5.74, 6) is 1.21. The zero-order valence-electron chi connectivity index (χ0n) is 10.5. The van der Waals surface area contributed by atoms with Gasteiger partial charge < -0.3 is 10.1 Å². The van der Waals surface area contributed by atoms with E-state index < -0.39 is 11.7 Å². The van der Waals surface area contributed by atoms with Crippen molar-refractivity contribution in [3.63, 3.8) is 0 Å². The standard InChI is InChI=1S/C13H17F3N2O/c14-13(15,16)11-4-5-12(18-8-11)17-6-1-7-19-9-10-2-3-10/h4-5,8,10H,1-3,6-7,9H2,(H,17,18). The predicted octanol–water partition coefficient (Wildman–Crippen LogP) is 3.33. The van der Waals surface area contributed by atoms with Crippen molar-refractivity contribution in [1.29, 1.82) is 0 Å². The molecule has 0 aromatic carbocycles. The van der Waals surface area contributed by atoms with Gasteiger partial charge in [-0.05, 0) is 37.3 Å².